The van der Waals surface area contributed by atoms with Gasteiger partial charge in [-0.05, 0) is 77.7 Å². The smallest absolute Gasteiger partial charge is 0.0150 e. The molecule has 0 saturated heterocycles. The van der Waals surface area contributed by atoms with Crippen LogP contribution in [0.2, 0.25) is 0 Å². The molecule has 1 aliphatic carbocycles. The molecule has 0 radical (unpaired) electrons. The molecular formula is C28H32. The third kappa shape index (κ3) is 4.22. The zero-order chi connectivity index (χ0) is 19.3. The largest absolute Gasteiger partial charge is 0.0648 e. The molecule has 0 N–H and O–H groups in total. The molecule has 0 nitrogen and oxygen atoms in total. The predicted molar refractivity (Wildman–Crippen MR) is 120 cm³/mol. The van der Waals surface area contributed by atoms with Gasteiger partial charge in [-0.15, -0.1) is 0 Å². The lowest BCUT2D eigenvalue weighted by Gasteiger charge is -2.28. The van der Waals surface area contributed by atoms with Crippen LogP contribution in [-0.2, 0) is 12.8 Å². The molecule has 0 aliphatic heterocycles. The molecule has 0 bridgehead atoms. The lowest BCUT2D eigenvalue weighted by atomic mass is 9.76. The van der Waals surface area contributed by atoms with Crippen molar-refractivity contribution >= 4 is 0 Å². The topological polar surface area (TPSA) is 0 Å². The Morgan fingerprint density at radius 3 is 1.86 bits per heavy atom. The van der Waals surface area contributed by atoms with Crippen LogP contribution in [0.5, 0.6) is 0 Å². The molecule has 0 fully saturated rings. The van der Waals surface area contributed by atoms with Crippen LogP contribution in [-0.4, -0.2) is 0 Å². The summed E-state index contributed by atoms with van der Waals surface area (Å²) >= 11 is 0. The van der Waals surface area contributed by atoms with Gasteiger partial charge in [-0.25, -0.2) is 0 Å². The summed E-state index contributed by atoms with van der Waals surface area (Å²) in [5.41, 5.74) is 7.66. The lowest BCUT2D eigenvalue weighted by molar-refractivity contribution is 0.467. The lowest BCUT2D eigenvalue weighted by Crippen LogP contribution is -2.13. The average Bonchev–Trinajstić information content (AvgIpc) is 2.73. The van der Waals surface area contributed by atoms with Crippen LogP contribution in [0.3, 0.4) is 0 Å². The van der Waals surface area contributed by atoms with Gasteiger partial charge in [-0.1, -0.05) is 92.7 Å². The fourth-order valence-corrected chi connectivity index (χ4v) is 4.79. The highest BCUT2D eigenvalue weighted by Gasteiger charge is 2.23. The molecule has 1 aliphatic rings. The van der Waals surface area contributed by atoms with Crippen LogP contribution in [0, 0.1) is 0 Å². The van der Waals surface area contributed by atoms with E-state index in [4.69, 9.17) is 0 Å². The zero-order valence-corrected chi connectivity index (χ0v) is 17.3. The van der Waals surface area contributed by atoms with Gasteiger partial charge in [0.15, 0.2) is 0 Å². The van der Waals surface area contributed by atoms with Gasteiger partial charge >= 0.3 is 0 Å². The Hall–Kier alpha value is -2.34. The number of rotatable bonds is 8. The van der Waals surface area contributed by atoms with Gasteiger partial charge in [0.25, 0.3) is 0 Å². The second-order valence-corrected chi connectivity index (χ2v) is 8.52. The average molecular weight is 369 g/mol. The van der Waals surface area contributed by atoms with Crippen molar-refractivity contribution < 1.29 is 0 Å². The molecule has 0 heterocycles. The molecule has 144 valence electrons. The molecule has 3 unspecified atom stereocenters. The molecule has 0 spiro atoms. The van der Waals surface area contributed by atoms with Gasteiger partial charge in [0.2, 0.25) is 0 Å². The summed E-state index contributed by atoms with van der Waals surface area (Å²) in [4.78, 5) is 0. The normalized spacial score (nSPS) is 15.9. The maximum absolute atomic E-state index is 2.51. The van der Waals surface area contributed by atoms with E-state index in [0.29, 0.717) is 17.8 Å². The van der Waals surface area contributed by atoms with Crippen molar-refractivity contribution in [3.63, 3.8) is 0 Å². The summed E-state index contributed by atoms with van der Waals surface area (Å²) in [6, 6.07) is 29.5. The first kappa shape index (κ1) is 19.0. The molecule has 3 aromatic carbocycles. The van der Waals surface area contributed by atoms with Crippen LogP contribution in [0.1, 0.15) is 78.7 Å². The summed E-state index contributed by atoms with van der Waals surface area (Å²) in [5.74, 6) is 1.80. The van der Waals surface area contributed by atoms with Crippen molar-refractivity contribution in [3.8, 4) is 0 Å². The second-order valence-electron chi connectivity index (χ2n) is 8.52. The molecule has 0 heteroatoms. The second kappa shape index (κ2) is 8.78. The third-order valence-electron chi connectivity index (χ3n) is 6.70. The Balaban J connectivity index is 1.59. The van der Waals surface area contributed by atoms with Gasteiger partial charge in [-0.2, -0.15) is 0 Å². The Bertz CT molecular complexity index is 878. The molecule has 3 atom stereocenters. The van der Waals surface area contributed by atoms with E-state index < -0.39 is 0 Å². The summed E-state index contributed by atoms with van der Waals surface area (Å²) in [5, 5.41) is 0. The van der Waals surface area contributed by atoms with E-state index in [0.717, 1.165) is 0 Å². The van der Waals surface area contributed by atoms with Crippen molar-refractivity contribution in [1.29, 1.82) is 0 Å². The van der Waals surface area contributed by atoms with E-state index in [-0.39, 0.29) is 0 Å². The minimum atomic E-state index is 0.575. The quantitative estimate of drug-likeness (QED) is 0.383. The summed E-state index contributed by atoms with van der Waals surface area (Å²) in [6.45, 7) is 4.74. The van der Waals surface area contributed by atoms with E-state index in [1.165, 1.54) is 43.2 Å². The number of fused-ring (bicyclic) bond motifs is 1. The fraction of sp³-hybridized carbons (Fsp3) is 0.357. The third-order valence-corrected chi connectivity index (χ3v) is 6.70. The van der Waals surface area contributed by atoms with E-state index in [1.54, 1.807) is 16.7 Å². The van der Waals surface area contributed by atoms with E-state index in [9.17, 15) is 0 Å². The predicted octanol–water partition coefficient (Wildman–Crippen LogP) is 7.65. The standard InChI is InChI=1S/C28H32/c1-3-22(24-12-8-5-9-13-24)19-28(18-21(2)23-10-6-4-7-11-23)27-17-15-25-14-16-26(25)20-27/h4-13,15,17,20-22,28H,3,14,16,18-19H2,1-2H3. The van der Waals surface area contributed by atoms with Crippen molar-refractivity contribution in [2.24, 2.45) is 0 Å². The van der Waals surface area contributed by atoms with Crippen LogP contribution >= 0.6 is 0 Å². The van der Waals surface area contributed by atoms with Gasteiger partial charge in [-0.3, -0.25) is 0 Å². The Labute approximate surface area is 170 Å². The van der Waals surface area contributed by atoms with Crippen molar-refractivity contribution in [3.05, 3.63) is 107 Å². The maximum atomic E-state index is 2.51. The first-order valence-electron chi connectivity index (χ1n) is 11.0. The monoisotopic (exact) mass is 368 g/mol. The SMILES string of the molecule is CCC(CC(CC(C)c1ccccc1)c1ccc2c(c1)CC2)c1ccccc1. The van der Waals surface area contributed by atoms with Crippen LogP contribution in [0.25, 0.3) is 0 Å². The molecule has 0 aromatic heterocycles. The zero-order valence-electron chi connectivity index (χ0n) is 17.3. The number of benzene rings is 3. The number of hydrogen-bond donors (Lipinski definition) is 0. The van der Waals surface area contributed by atoms with Crippen LogP contribution in [0.15, 0.2) is 78.9 Å². The highest BCUT2D eigenvalue weighted by Crippen LogP contribution is 2.39. The first-order chi connectivity index (χ1) is 13.7. The molecule has 4 rings (SSSR count). The van der Waals surface area contributed by atoms with E-state index in [1.807, 2.05) is 0 Å². The molecule has 0 amide bonds. The van der Waals surface area contributed by atoms with Crippen molar-refractivity contribution in [1.82, 2.24) is 0 Å². The Morgan fingerprint density at radius 1 is 0.643 bits per heavy atom. The van der Waals surface area contributed by atoms with Gasteiger partial charge in [0.05, 0.1) is 0 Å². The summed E-state index contributed by atoms with van der Waals surface area (Å²) in [7, 11) is 0. The molecule has 0 saturated carbocycles. The van der Waals surface area contributed by atoms with E-state index >= 15 is 0 Å². The van der Waals surface area contributed by atoms with Crippen LogP contribution < -0.4 is 0 Å². The van der Waals surface area contributed by atoms with Crippen molar-refractivity contribution in [2.75, 3.05) is 0 Å². The molecular weight excluding hydrogens is 336 g/mol. The van der Waals surface area contributed by atoms with Crippen molar-refractivity contribution in [2.45, 2.75) is 63.7 Å². The maximum Gasteiger partial charge on any atom is -0.0150 e. The summed E-state index contributed by atoms with van der Waals surface area (Å²) in [6.07, 6.45) is 6.18. The molecule has 3 aromatic rings. The van der Waals surface area contributed by atoms with Gasteiger partial charge in [0.1, 0.15) is 0 Å². The minimum Gasteiger partial charge on any atom is -0.0648 e. The van der Waals surface area contributed by atoms with Gasteiger partial charge < -0.3 is 0 Å². The summed E-state index contributed by atoms with van der Waals surface area (Å²) < 4.78 is 0. The number of hydrogen-bond acceptors (Lipinski definition) is 0. The number of aryl methyl sites for hydroxylation is 2. The van der Waals surface area contributed by atoms with E-state index in [2.05, 4.69) is 92.7 Å². The fourth-order valence-electron chi connectivity index (χ4n) is 4.79. The Kier molecular flexibility index (Phi) is 5.95. The Morgan fingerprint density at radius 2 is 1.29 bits per heavy atom. The highest BCUT2D eigenvalue weighted by molar-refractivity contribution is 5.40. The van der Waals surface area contributed by atoms with Gasteiger partial charge in [0, 0.05) is 0 Å². The first-order valence-corrected chi connectivity index (χ1v) is 11.0. The highest BCUT2D eigenvalue weighted by atomic mass is 14.3. The molecule has 28 heavy (non-hydrogen) atoms. The minimum absolute atomic E-state index is 0.575. The van der Waals surface area contributed by atoms with Crippen LogP contribution in [0.4, 0.5) is 0 Å².